The van der Waals surface area contributed by atoms with Crippen LogP contribution in [0.5, 0.6) is 0 Å². The number of carbonyl (C=O) groups excluding carboxylic acids is 1. The molecule has 1 heterocycles. The lowest BCUT2D eigenvalue weighted by molar-refractivity contribution is -0.147. The number of rotatable bonds is 5. The summed E-state index contributed by atoms with van der Waals surface area (Å²) in [5.41, 5.74) is 0. The zero-order chi connectivity index (χ0) is 15.0. The first-order valence-electron chi connectivity index (χ1n) is 7.09. The van der Waals surface area contributed by atoms with E-state index in [0.717, 1.165) is 12.2 Å². The number of hydrogen-bond acceptors (Lipinski definition) is 4. The molecule has 1 saturated carbocycles. The minimum absolute atomic E-state index is 0.00184. The van der Waals surface area contributed by atoms with Crippen LogP contribution in [0.4, 0.5) is 0 Å². The third-order valence-electron chi connectivity index (χ3n) is 4.50. The van der Waals surface area contributed by atoms with Crippen molar-refractivity contribution in [2.45, 2.75) is 12.8 Å². The van der Waals surface area contributed by atoms with Crippen LogP contribution >= 0.6 is 0 Å². The van der Waals surface area contributed by atoms with Crippen LogP contribution in [0.2, 0.25) is 0 Å². The molecule has 21 heavy (non-hydrogen) atoms. The predicted molar refractivity (Wildman–Crippen MR) is 73.1 cm³/mol. The predicted octanol–water partition coefficient (Wildman–Crippen LogP) is -0.00330. The number of aliphatic carboxylic acids is 1. The van der Waals surface area contributed by atoms with Crippen LogP contribution in [0.3, 0.4) is 0 Å². The van der Waals surface area contributed by atoms with Crippen molar-refractivity contribution in [3.05, 3.63) is 24.3 Å². The zero-order valence-electron chi connectivity index (χ0n) is 11.8. The van der Waals surface area contributed by atoms with Gasteiger partial charge < -0.3 is 15.0 Å². The van der Waals surface area contributed by atoms with Gasteiger partial charge in [-0.2, -0.15) is 0 Å². The Labute approximate surface area is 122 Å². The Kier molecular flexibility index (Phi) is 3.48. The van der Waals surface area contributed by atoms with Crippen LogP contribution in [0.1, 0.15) is 12.2 Å². The van der Waals surface area contributed by atoms with Gasteiger partial charge in [-0.3, -0.25) is 9.59 Å². The Hall–Kier alpha value is -2.18. The Morgan fingerprint density at radius 2 is 2.10 bits per heavy atom. The maximum atomic E-state index is 12.3. The van der Waals surface area contributed by atoms with E-state index in [1.54, 1.807) is 10.9 Å². The Morgan fingerprint density at radius 1 is 1.38 bits per heavy atom. The molecule has 2 aliphatic rings. The molecular weight excluding hydrogens is 272 g/mol. The maximum Gasteiger partial charge on any atom is 0.307 e. The number of amides is 1. The van der Waals surface area contributed by atoms with Crippen LogP contribution < -0.4 is 5.32 Å². The first kappa shape index (κ1) is 13.8. The molecule has 1 fully saturated rings. The molecule has 1 amide bonds. The van der Waals surface area contributed by atoms with Gasteiger partial charge in [-0.05, 0) is 18.3 Å². The van der Waals surface area contributed by atoms with Crippen molar-refractivity contribution < 1.29 is 14.7 Å². The van der Waals surface area contributed by atoms with Crippen LogP contribution in [0.15, 0.2) is 18.5 Å². The van der Waals surface area contributed by atoms with Gasteiger partial charge in [0, 0.05) is 20.0 Å². The van der Waals surface area contributed by atoms with Gasteiger partial charge in [0.2, 0.25) is 5.91 Å². The molecule has 7 heteroatoms. The number of fused-ring (bicyclic) bond motifs is 2. The molecule has 2 N–H and O–H groups in total. The van der Waals surface area contributed by atoms with E-state index in [1.807, 2.05) is 19.2 Å². The monoisotopic (exact) mass is 290 g/mol. The fourth-order valence-electron chi connectivity index (χ4n) is 3.47. The molecule has 1 aromatic heterocycles. The molecule has 112 valence electrons. The zero-order valence-corrected chi connectivity index (χ0v) is 11.8. The Balaban J connectivity index is 1.59. The summed E-state index contributed by atoms with van der Waals surface area (Å²) in [6, 6.07) is 0. The highest BCUT2D eigenvalue weighted by molar-refractivity contribution is 5.86. The number of allylic oxidation sites excluding steroid dienone is 2. The lowest BCUT2D eigenvalue weighted by atomic mass is 9.82. The highest BCUT2D eigenvalue weighted by Gasteiger charge is 2.51. The highest BCUT2D eigenvalue weighted by Crippen LogP contribution is 2.48. The highest BCUT2D eigenvalue weighted by atomic mass is 16.4. The maximum absolute atomic E-state index is 12.3. The Bertz CT molecular complexity index is 595. The summed E-state index contributed by atoms with van der Waals surface area (Å²) in [6.45, 7) is 0.440. The van der Waals surface area contributed by atoms with Crippen molar-refractivity contribution in [3.8, 4) is 0 Å². The smallest absolute Gasteiger partial charge is 0.307 e. The third kappa shape index (κ3) is 2.43. The molecule has 0 spiro atoms. The quantitative estimate of drug-likeness (QED) is 0.744. The molecular formula is C14H18N4O3. The molecule has 4 atom stereocenters. The molecule has 7 nitrogen and oxygen atoms in total. The number of aromatic nitrogens is 3. The minimum Gasteiger partial charge on any atom is -0.481 e. The van der Waals surface area contributed by atoms with Gasteiger partial charge in [0.05, 0.1) is 11.8 Å². The van der Waals surface area contributed by atoms with Crippen molar-refractivity contribution >= 4 is 11.9 Å². The van der Waals surface area contributed by atoms with Gasteiger partial charge in [-0.1, -0.05) is 12.2 Å². The lowest BCUT2D eigenvalue weighted by Crippen LogP contribution is -2.40. The van der Waals surface area contributed by atoms with Gasteiger partial charge >= 0.3 is 5.97 Å². The summed E-state index contributed by atoms with van der Waals surface area (Å²) >= 11 is 0. The van der Waals surface area contributed by atoms with Crippen molar-refractivity contribution in [1.82, 2.24) is 20.1 Å². The van der Waals surface area contributed by atoms with E-state index < -0.39 is 17.8 Å². The molecule has 0 saturated heterocycles. The molecule has 2 unspecified atom stereocenters. The standard InChI is InChI=1S/C14H18N4O3/c1-18-7-16-17-10(18)4-5-15-13(19)11-8-2-3-9(6-8)12(11)14(20)21/h2-3,7-9,11-12H,4-6H2,1H3,(H,15,19)(H,20,21)/t8?,9?,11-,12+/m0/s1. The number of carboxylic acid groups (broad SMARTS) is 1. The number of nitrogens with zero attached hydrogens (tertiary/aromatic N) is 3. The molecule has 2 aliphatic carbocycles. The Morgan fingerprint density at radius 3 is 2.71 bits per heavy atom. The van der Waals surface area contributed by atoms with Crippen LogP contribution in [-0.4, -0.2) is 38.3 Å². The second-order valence-electron chi connectivity index (χ2n) is 5.74. The van der Waals surface area contributed by atoms with Gasteiger partial charge in [-0.15, -0.1) is 10.2 Å². The summed E-state index contributed by atoms with van der Waals surface area (Å²) in [5, 5.41) is 19.9. The van der Waals surface area contributed by atoms with Crippen molar-refractivity contribution in [2.75, 3.05) is 6.54 Å². The largest absolute Gasteiger partial charge is 0.481 e. The molecule has 1 aromatic rings. The van der Waals surface area contributed by atoms with Gasteiger partial charge in [-0.25, -0.2) is 0 Å². The van der Waals surface area contributed by atoms with Crippen LogP contribution in [0, 0.1) is 23.7 Å². The van der Waals surface area contributed by atoms with E-state index in [9.17, 15) is 14.7 Å². The van der Waals surface area contributed by atoms with Crippen molar-refractivity contribution in [1.29, 1.82) is 0 Å². The van der Waals surface area contributed by atoms with Gasteiger partial charge in [0.1, 0.15) is 12.2 Å². The number of aryl methyl sites for hydroxylation is 1. The number of hydrogen-bond donors (Lipinski definition) is 2. The van der Waals surface area contributed by atoms with Crippen molar-refractivity contribution in [2.24, 2.45) is 30.7 Å². The fraction of sp³-hybridized carbons (Fsp3) is 0.571. The van der Waals surface area contributed by atoms with E-state index in [-0.39, 0.29) is 17.7 Å². The summed E-state index contributed by atoms with van der Waals surface area (Å²) < 4.78 is 1.80. The SMILES string of the molecule is Cn1cnnc1CCNC(=O)[C@H]1C2C=CC(C2)[C@H]1C(=O)O. The number of nitrogens with one attached hydrogen (secondary N) is 1. The lowest BCUT2D eigenvalue weighted by Gasteiger charge is -2.23. The molecule has 0 aromatic carbocycles. The van der Waals surface area contributed by atoms with Gasteiger partial charge in [0.15, 0.2) is 0 Å². The van der Waals surface area contributed by atoms with E-state index >= 15 is 0 Å². The number of carbonyl (C=O) groups is 2. The second kappa shape index (κ2) is 5.31. The van der Waals surface area contributed by atoms with E-state index in [2.05, 4.69) is 15.5 Å². The number of carboxylic acids is 1. The topological polar surface area (TPSA) is 97.1 Å². The van der Waals surface area contributed by atoms with E-state index in [4.69, 9.17) is 0 Å². The van der Waals surface area contributed by atoms with Gasteiger partial charge in [0.25, 0.3) is 0 Å². The molecule has 0 radical (unpaired) electrons. The average Bonchev–Trinajstić information content (AvgIpc) is 3.14. The van der Waals surface area contributed by atoms with Crippen LogP contribution in [0.25, 0.3) is 0 Å². The van der Waals surface area contributed by atoms with Crippen molar-refractivity contribution in [3.63, 3.8) is 0 Å². The molecule has 0 aliphatic heterocycles. The summed E-state index contributed by atoms with van der Waals surface area (Å²) in [7, 11) is 1.85. The summed E-state index contributed by atoms with van der Waals surface area (Å²) in [4.78, 5) is 23.7. The normalized spacial score (nSPS) is 29.8. The van der Waals surface area contributed by atoms with E-state index in [1.165, 1.54) is 0 Å². The molecule has 3 rings (SSSR count). The van der Waals surface area contributed by atoms with Crippen LogP contribution in [-0.2, 0) is 23.1 Å². The first-order chi connectivity index (χ1) is 10.1. The summed E-state index contributed by atoms with van der Waals surface area (Å²) in [6.07, 6.45) is 6.89. The second-order valence-corrected chi connectivity index (χ2v) is 5.74. The average molecular weight is 290 g/mol. The third-order valence-corrected chi connectivity index (χ3v) is 4.50. The van der Waals surface area contributed by atoms with E-state index in [0.29, 0.717) is 13.0 Å². The minimum atomic E-state index is -0.875. The summed E-state index contributed by atoms with van der Waals surface area (Å²) in [5.74, 6) is -1.22. The molecule has 2 bridgehead atoms. The fourth-order valence-corrected chi connectivity index (χ4v) is 3.47. The first-order valence-corrected chi connectivity index (χ1v) is 7.09.